The zero-order chi connectivity index (χ0) is 24.0. The average Bonchev–Trinajstić information content (AvgIpc) is 2.87. The van der Waals surface area contributed by atoms with Crippen molar-refractivity contribution in [1.82, 2.24) is 0 Å². The average molecular weight is 461 g/mol. The molecule has 0 radical (unpaired) electrons. The predicted molar refractivity (Wildman–Crippen MR) is 129 cm³/mol. The molecule has 0 saturated carbocycles. The monoisotopic (exact) mass is 461 g/mol. The van der Waals surface area contributed by atoms with Crippen molar-refractivity contribution in [2.24, 2.45) is 0 Å². The van der Waals surface area contributed by atoms with Crippen LogP contribution >= 0.6 is 0 Å². The number of rotatable bonds is 5. The molecule has 4 aromatic carbocycles. The van der Waals surface area contributed by atoms with E-state index in [0.717, 1.165) is 32.7 Å². The minimum absolute atomic E-state index is 0.113. The number of carbonyl (C=O) groups excluding carboxylic acids is 1. The third-order valence-corrected chi connectivity index (χ3v) is 6.44. The standard InChI is InChI=1S/C27H24FNO5/c1-31-21-9-17-18-10-22(32-2)24(34-4)12-20(18)27-26(19(17)11-23(21)33-3)16(13-25(30)29-27)14-5-7-15(28)8-6-14/h5-12,16H,13H2,1-4H3,(H,29,30). The van der Waals surface area contributed by atoms with Crippen molar-refractivity contribution in [3.63, 3.8) is 0 Å². The van der Waals surface area contributed by atoms with Gasteiger partial charge in [-0.15, -0.1) is 0 Å². The Labute approximate surface area is 196 Å². The van der Waals surface area contributed by atoms with Crippen molar-refractivity contribution in [2.45, 2.75) is 12.3 Å². The Morgan fingerprint density at radius 3 is 1.74 bits per heavy atom. The minimum Gasteiger partial charge on any atom is -0.493 e. The summed E-state index contributed by atoms with van der Waals surface area (Å²) in [5.41, 5.74) is 2.48. The van der Waals surface area contributed by atoms with Crippen LogP contribution in [0.2, 0.25) is 0 Å². The molecular weight excluding hydrogens is 437 g/mol. The van der Waals surface area contributed by atoms with E-state index in [1.807, 2.05) is 24.3 Å². The van der Waals surface area contributed by atoms with Crippen molar-refractivity contribution < 1.29 is 28.1 Å². The number of nitrogens with one attached hydrogen (secondary N) is 1. The molecule has 1 unspecified atom stereocenters. The Kier molecular flexibility index (Phi) is 5.40. The van der Waals surface area contributed by atoms with Crippen LogP contribution in [0.15, 0.2) is 48.5 Å². The van der Waals surface area contributed by atoms with E-state index >= 15 is 0 Å². The molecule has 1 heterocycles. The number of anilines is 1. The maximum Gasteiger partial charge on any atom is 0.225 e. The molecule has 1 aliphatic rings. The van der Waals surface area contributed by atoms with E-state index in [-0.39, 0.29) is 24.1 Å². The van der Waals surface area contributed by atoms with Gasteiger partial charge >= 0.3 is 0 Å². The molecule has 4 aromatic rings. The third-order valence-electron chi connectivity index (χ3n) is 6.44. The first-order valence-electron chi connectivity index (χ1n) is 10.8. The van der Waals surface area contributed by atoms with Crippen LogP contribution in [0, 0.1) is 5.82 Å². The van der Waals surface area contributed by atoms with Gasteiger partial charge in [0.15, 0.2) is 23.0 Å². The zero-order valence-electron chi connectivity index (χ0n) is 19.3. The summed E-state index contributed by atoms with van der Waals surface area (Å²) in [6.07, 6.45) is 0.237. The highest BCUT2D eigenvalue weighted by atomic mass is 19.1. The number of methoxy groups -OCH3 is 4. The molecule has 7 heteroatoms. The van der Waals surface area contributed by atoms with Crippen molar-refractivity contribution >= 4 is 33.1 Å². The van der Waals surface area contributed by atoms with E-state index in [1.54, 1.807) is 40.6 Å². The molecule has 1 amide bonds. The van der Waals surface area contributed by atoms with Crippen LogP contribution in [0.1, 0.15) is 23.5 Å². The second-order valence-electron chi connectivity index (χ2n) is 8.15. The molecule has 1 aliphatic heterocycles. The molecule has 0 fully saturated rings. The Morgan fingerprint density at radius 1 is 0.735 bits per heavy atom. The Hall–Kier alpha value is -4.00. The van der Waals surface area contributed by atoms with Crippen molar-refractivity contribution in [3.05, 3.63) is 65.5 Å². The van der Waals surface area contributed by atoms with E-state index < -0.39 is 0 Å². The highest BCUT2D eigenvalue weighted by molar-refractivity contribution is 6.20. The third kappa shape index (κ3) is 3.36. The van der Waals surface area contributed by atoms with E-state index in [4.69, 9.17) is 18.9 Å². The quantitative estimate of drug-likeness (QED) is 0.390. The van der Waals surface area contributed by atoms with Crippen molar-refractivity contribution in [2.75, 3.05) is 33.8 Å². The Morgan fingerprint density at radius 2 is 1.21 bits per heavy atom. The van der Waals surface area contributed by atoms with Crippen LogP contribution in [-0.4, -0.2) is 34.3 Å². The second-order valence-corrected chi connectivity index (χ2v) is 8.15. The van der Waals surface area contributed by atoms with Gasteiger partial charge in [0.1, 0.15) is 5.82 Å². The molecule has 6 nitrogen and oxygen atoms in total. The fourth-order valence-corrected chi connectivity index (χ4v) is 4.87. The first-order valence-corrected chi connectivity index (χ1v) is 10.8. The van der Waals surface area contributed by atoms with E-state index in [0.29, 0.717) is 28.7 Å². The summed E-state index contributed by atoms with van der Waals surface area (Å²) >= 11 is 0. The van der Waals surface area contributed by atoms with Gasteiger partial charge in [0.05, 0.1) is 34.1 Å². The van der Waals surface area contributed by atoms with Gasteiger partial charge in [-0.2, -0.15) is 0 Å². The highest BCUT2D eigenvalue weighted by Crippen LogP contribution is 2.50. The molecule has 0 aliphatic carbocycles. The number of hydrogen-bond donors (Lipinski definition) is 1. The summed E-state index contributed by atoms with van der Waals surface area (Å²) in [5.74, 6) is 1.57. The maximum atomic E-state index is 13.7. The molecule has 174 valence electrons. The summed E-state index contributed by atoms with van der Waals surface area (Å²) < 4.78 is 36.0. The Balaban J connectivity index is 1.95. The van der Waals surface area contributed by atoms with Crippen LogP contribution in [0.25, 0.3) is 21.5 Å². The summed E-state index contributed by atoms with van der Waals surface area (Å²) in [7, 11) is 6.34. The van der Waals surface area contributed by atoms with Crippen LogP contribution in [0.4, 0.5) is 10.1 Å². The number of ether oxygens (including phenoxy) is 4. The van der Waals surface area contributed by atoms with Gasteiger partial charge in [0, 0.05) is 17.7 Å². The van der Waals surface area contributed by atoms with Crippen LogP contribution in [0.5, 0.6) is 23.0 Å². The van der Waals surface area contributed by atoms with E-state index in [9.17, 15) is 9.18 Å². The molecular formula is C27H24FNO5. The number of fused-ring (bicyclic) bond motifs is 6. The number of amides is 1. The largest absolute Gasteiger partial charge is 0.493 e. The van der Waals surface area contributed by atoms with Gasteiger partial charge in [0.25, 0.3) is 0 Å². The lowest BCUT2D eigenvalue weighted by atomic mass is 9.80. The summed E-state index contributed by atoms with van der Waals surface area (Å²) in [5, 5.41) is 6.58. The van der Waals surface area contributed by atoms with Crippen LogP contribution < -0.4 is 24.3 Å². The zero-order valence-corrected chi connectivity index (χ0v) is 19.3. The van der Waals surface area contributed by atoms with Crippen LogP contribution in [-0.2, 0) is 4.79 Å². The molecule has 1 N–H and O–H groups in total. The first-order chi connectivity index (χ1) is 16.5. The first kappa shape index (κ1) is 21.8. The van der Waals surface area contributed by atoms with E-state index in [1.165, 1.54) is 12.1 Å². The lowest BCUT2D eigenvalue weighted by molar-refractivity contribution is -0.116. The summed E-state index contributed by atoms with van der Waals surface area (Å²) in [4.78, 5) is 12.9. The Bertz CT molecular complexity index is 1430. The predicted octanol–water partition coefficient (Wildman–Crippen LogP) is 5.64. The molecule has 0 saturated heterocycles. The van der Waals surface area contributed by atoms with Gasteiger partial charge in [-0.05, 0) is 63.7 Å². The molecule has 5 rings (SSSR count). The smallest absolute Gasteiger partial charge is 0.225 e. The van der Waals surface area contributed by atoms with Gasteiger partial charge in [-0.25, -0.2) is 4.39 Å². The molecule has 0 bridgehead atoms. The van der Waals surface area contributed by atoms with E-state index in [2.05, 4.69) is 5.32 Å². The normalized spacial score (nSPS) is 15.1. The summed E-state index contributed by atoms with van der Waals surface area (Å²) in [6, 6.07) is 13.9. The van der Waals surface area contributed by atoms with Crippen molar-refractivity contribution in [3.8, 4) is 23.0 Å². The number of carbonyl (C=O) groups is 1. The fourth-order valence-electron chi connectivity index (χ4n) is 4.87. The second kappa shape index (κ2) is 8.41. The van der Waals surface area contributed by atoms with Gasteiger partial charge in [-0.1, -0.05) is 12.1 Å². The molecule has 34 heavy (non-hydrogen) atoms. The lowest BCUT2D eigenvalue weighted by Crippen LogP contribution is -2.24. The summed E-state index contributed by atoms with van der Waals surface area (Å²) in [6.45, 7) is 0. The van der Waals surface area contributed by atoms with Gasteiger partial charge in [-0.3, -0.25) is 4.79 Å². The molecule has 0 aromatic heterocycles. The maximum absolute atomic E-state index is 13.7. The minimum atomic E-state index is -0.323. The number of halogens is 1. The van der Waals surface area contributed by atoms with Crippen molar-refractivity contribution in [1.29, 1.82) is 0 Å². The molecule has 0 spiro atoms. The van der Waals surface area contributed by atoms with Gasteiger partial charge < -0.3 is 24.3 Å². The highest BCUT2D eigenvalue weighted by Gasteiger charge is 2.31. The number of benzene rings is 4. The molecule has 1 atom stereocenters. The lowest BCUT2D eigenvalue weighted by Gasteiger charge is -2.30. The van der Waals surface area contributed by atoms with Gasteiger partial charge in [0.2, 0.25) is 5.91 Å². The SMILES string of the molecule is COc1cc2c3c(c4cc(OC)c(OC)cc4c2cc1OC)C(c1ccc(F)cc1)CC(=O)N3. The number of hydrogen-bond acceptors (Lipinski definition) is 5. The van der Waals surface area contributed by atoms with Crippen LogP contribution in [0.3, 0.4) is 0 Å². The fraction of sp³-hybridized carbons (Fsp3) is 0.222. The topological polar surface area (TPSA) is 66.0 Å².